The smallest absolute Gasteiger partial charge is 0.203 e. The summed E-state index contributed by atoms with van der Waals surface area (Å²) in [5.74, 6) is 3.49. The maximum Gasteiger partial charge on any atom is 0.203 e. The standard InChI is InChI=1S/C23H29N3O4S/c1-27-20-14-17(15-21(28-2)22(20)29-3)16-26-23(24-10-8-18-6-4-12-30-18)25-11-9-19-7-5-13-31-19/h4-7,12-15H,8-11,16H2,1-3H3,(H2,24,25,26). The molecule has 2 heterocycles. The predicted octanol–water partition coefficient (Wildman–Crippen LogP) is 3.89. The quantitative estimate of drug-likeness (QED) is 0.346. The summed E-state index contributed by atoms with van der Waals surface area (Å²) in [6.07, 6.45) is 3.41. The van der Waals surface area contributed by atoms with Crippen LogP contribution in [-0.4, -0.2) is 40.4 Å². The van der Waals surface area contributed by atoms with Crippen LogP contribution in [0.1, 0.15) is 16.2 Å². The molecule has 0 spiro atoms. The van der Waals surface area contributed by atoms with Gasteiger partial charge in [-0.15, -0.1) is 11.3 Å². The van der Waals surface area contributed by atoms with Gasteiger partial charge in [0.25, 0.3) is 0 Å². The number of nitrogens with zero attached hydrogens (tertiary/aromatic N) is 1. The van der Waals surface area contributed by atoms with Crippen LogP contribution in [0.3, 0.4) is 0 Å². The zero-order valence-electron chi connectivity index (χ0n) is 18.1. The maximum absolute atomic E-state index is 5.44. The maximum atomic E-state index is 5.44. The lowest BCUT2D eigenvalue weighted by Crippen LogP contribution is -2.39. The third-order valence-corrected chi connectivity index (χ3v) is 5.57. The van der Waals surface area contributed by atoms with E-state index < -0.39 is 0 Å². The molecule has 0 amide bonds. The van der Waals surface area contributed by atoms with E-state index in [4.69, 9.17) is 23.6 Å². The van der Waals surface area contributed by atoms with Crippen LogP contribution in [0.15, 0.2) is 57.5 Å². The van der Waals surface area contributed by atoms with E-state index in [0.717, 1.165) is 36.7 Å². The number of rotatable bonds is 11. The Morgan fingerprint density at radius 1 is 0.968 bits per heavy atom. The van der Waals surface area contributed by atoms with E-state index in [2.05, 4.69) is 28.1 Å². The van der Waals surface area contributed by atoms with E-state index >= 15 is 0 Å². The molecule has 31 heavy (non-hydrogen) atoms. The molecule has 7 nitrogen and oxygen atoms in total. The molecule has 8 heteroatoms. The molecule has 0 unspecified atom stereocenters. The molecule has 2 N–H and O–H groups in total. The molecule has 0 aliphatic heterocycles. The van der Waals surface area contributed by atoms with Gasteiger partial charge in [0.1, 0.15) is 5.76 Å². The number of furan rings is 1. The number of hydrogen-bond donors (Lipinski definition) is 2. The summed E-state index contributed by atoms with van der Waals surface area (Å²) in [7, 11) is 4.81. The van der Waals surface area contributed by atoms with Gasteiger partial charge in [0.15, 0.2) is 17.5 Å². The highest BCUT2D eigenvalue weighted by Gasteiger charge is 2.13. The number of guanidine groups is 1. The number of ether oxygens (including phenoxy) is 3. The highest BCUT2D eigenvalue weighted by molar-refractivity contribution is 7.09. The van der Waals surface area contributed by atoms with Crippen LogP contribution in [0.4, 0.5) is 0 Å². The van der Waals surface area contributed by atoms with Crippen molar-refractivity contribution in [1.82, 2.24) is 10.6 Å². The molecule has 0 saturated carbocycles. The minimum atomic E-state index is 0.464. The van der Waals surface area contributed by atoms with Crippen molar-refractivity contribution in [3.05, 3.63) is 64.2 Å². The highest BCUT2D eigenvalue weighted by atomic mass is 32.1. The summed E-state index contributed by atoms with van der Waals surface area (Å²) in [6.45, 7) is 1.97. The van der Waals surface area contributed by atoms with Gasteiger partial charge in [-0.25, -0.2) is 4.99 Å². The summed E-state index contributed by atoms with van der Waals surface area (Å²) < 4.78 is 21.7. The molecule has 0 saturated heterocycles. The lowest BCUT2D eigenvalue weighted by atomic mass is 10.2. The summed E-state index contributed by atoms with van der Waals surface area (Å²) in [6, 6.07) is 11.9. The third-order valence-electron chi connectivity index (χ3n) is 4.63. The predicted molar refractivity (Wildman–Crippen MR) is 124 cm³/mol. The molecular formula is C23H29N3O4S. The number of nitrogens with one attached hydrogen (secondary N) is 2. The van der Waals surface area contributed by atoms with E-state index in [0.29, 0.717) is 30.3 Å². The zero-order valence-corrected chi connectivity index (χ0v) is 19.0. The molecule has 0 aliphatic carbocycles. The van der Waals surface area contributed by atoms with Crippen LogP contribution < -0.4 is 24.8 Å². The Kier molecular flexibility index (Phi) is 8.66. The Balaban J connectivity index is 1.67. The molecule has 3 aromatic rings. The molecule has 0 bridgehead atoms. The number of aliphatic imine (C=N–C) groups is 1. The van der Waals surface area contributed by atoms with Gasteiger partial charge in [-0.3, -0.25) is 0 Å². The van der Waals surface area contributed by atoms with Gasteiger partial charge in [-0.05, 0) is 47.7 Å². The lowest BCUT2D eigenvalue weighted by molar-refractivity contribution is 0.324. The van der Waals surface area contributed by atoms with Crippen LogP contribution in [0.25, 0.3) is 0 Å². The topological polar surface area (TPSA) is 77.2 Å². The summed E-state index contributed by atoms with van der Waals surface area (Å²) in [5, 5.41) is 8.89. The van der Waals surface area contributed by atoms with Crippen LogP contribution in [-0.2, 0) is 19.4 Å². The van der Waals surface area contributed by atoms with Gasteiger partial charge in [0.05, 0.1) is 34.1 Å². The van der Waals surface area contributed by atoms with Gasteiger partial charge in [-0.2, -0.15) is 0 Å². The molecule has 166 valence electrons. The molecule has 3 rings (SSSR count). The van der Waals surface area contributed by atoms with Crippen molar-refractivity contribution in [3.8, 4) is 17.2 Å². The van der Waals surface area contributed by atoms with Gasteiger partial charge in [0.2, 0.25) is 5.75 Å². The van der Waals surface area contributed by atoms with Gasteiger partial charge in [0, 0.05) is 24.4 Å². The van der Waals surface area contributed by atoms with E-state index in [1.807, 2.05) is 24.3 Å². The fourth-order valence-electron chi connectivity index (χ4n) is 3.09. The summed E-state index contributed by atoms with van der Waals surface area (Å²) in [5.41, 5.74) is 0.958. The second kappa shape index (κ2) is 11.9. The van der Waals surface area contributed by atoms with E-state index in [1.54, 1.807) is 38.9 Å². The van der Waals surface area contributed by atoms with E-state index in [1.165, 1.54) is 4.88 Å². The molecule has 0 aliphatic rings. The summed E-state index contributed by atoms with van der Waals surface area (Å²) in [4.78, 5) is 6.09. The second-order valence-electron chi connectivity index (χ2n) is 6.71. The van der Waals surface area contributed by atoms with Crippen molar-refractivity contribution < 1.29 is 18.6 Å². The monoisotopic (exact) mass is 443 g/mol. The Morgan fingerprint density at radius 2 is 1.71 bits per heavy atom. The van der Waals surface area contributed by atoms with Gasteiger partial charge in [-0.1, -0.05) is 6.07 Å². The molecular weight excluding hydrogens is 414 g/mol. The largest absolute Gasteiger partial charge is 0.493 e. The fraction of sp³-hybridized carbons (Fsp3) is 0.348. The van der Waals surface area contributed by atoms with Crippen molar-refractivity contribution >= 4 is 17.3 Å². The highest BCUT2D eigenvalue weighted by Crippen LogP contribution is 2.38. The SMILES string of the molecule is COc1cc(CN=C(NCCc2ccco2)NCCc2cccs2)cc(OC)c1OC. The van der Waals surface area contributed by atoms with Crippen molar-refractivity contribution in [2.45, 2.75) is 19.4 Å². The molecule has 0 atom stereocenters. The van der Waals surface area contributed by atoms with Crippen LogP contribution in [0, 0.1) is 0 Å². The Labute approximate surface area is 187 Å². The minimum Gasteiger partial charge on any atom is -0.493 e. The molecule has 2 aromatic heterocycles. The number of methoxy groups -OCH3 is 3. The van der Waals surface area contributed by atoms with Gasteiger partial charge < -0.3 is 29.3 Å². The first-order chi connectivity index (χ1) is 15.2. The van der Waals surface area contributed by atoms with Crippen molar-refractivity contribution in [2.75, 3.05) is 34.4 Å². The molecule has 0 radical (unpaired) electrons. The average Bonchev–Trinajstić information content (AvgIpc) is 3.50. The van der Waals surface area contributed by atoms with Crippen molar-refractivity contribution in [3.63, 3.8) is 0 Å². The van der Waals surface area contributed by atoms with Gasteiger partial charge >= 0.3 is 0 Å². The van der Waals surface area contributed by atoms with Crippen molar-refractivity contribution in [1.29, 1.82) is 0 Å². The Morgan fingerprint density at radius 3 is 2.29 bits per heavy atom. The second-order valence-corrected chi connectivity index (χ2v) is 7.74. The first-order valence-corrected chi connectivity index (χ1v) is 11.0. The van der Waals surface area contributed by atoms with Crippen molar-refractivity contribution in [2.24, 2.45) is 4.99 Å². The fourth-order valence-corrected chi connectivity index (χ4v) is 3.80. The van der Waals surface area contributed by atoms with Crippen LogP contribution in [0.5, 0.6) is 17.2 Å². The first kappa shape index (κ1) is 22.6. The van der Waals surface area contributed by atoms with E-state index in [9.17, 15) is 0 Å². The zero-order chi connectivity index (χ0) is 21.9. The van der Waals surface area contributed by atoms with Crippen LogP contribution in [0.2, 0.25) is 0 Å². The third kappa shape index (κ3) is 6.68. The lowest BCUT2D eigenvalue weighted by Gasteiger charge is -2.15. The summed E-state index contributed by atoms with van der Waals surface area (Å²) >= 11 is 1.76. The Hall–Kier alpha value is -3.13. The molecule has 0 fully saturated rings. The average molecular weight is 444 g/mol. The normalized spacial score (nSPS) is 11.3. The first-order valence-electron chi connectivity index (χ1n) is 10.1. The number of benzene rings is 1. The van der Waals surface area contributed by atoms with E-state index in [-0.39, 0.29) is 0 Å². The van der Waals surface area contributed by atoms with Crippen LogP contribution >= 0.6 is 11.3 Å². The molecule has 1 aromatic carbocycles. The Bertz CT molecular complexity index is 873. The minimum absolute atomic E-state index is 0.464. The number of thiophene rings is 1. The number of hydrogen-bond acceptors (Lipinski definition) is 6.